The molecule has 0 amide bonds. The highest BCUT2D eigenvalue weighted by Crippen LogP contribution is 2.36. The van der Waals surface area contributed by atoms with Crippen LogP contribution in [0.2, 0.25) is 0 Å². The number of nitrogens with zero attached hydrogens (tertiary/aromatic N) is 5. The van der Waals surface area contributed by atoms with E-state index in [1.54, 1.807) is 35.5 Å². The van der Waals surface area contributed by atoms with E-state index >= 15 is 0 Å². The molecule has 9 heteroatoms. The number of nitrogens with one attached hydrogen (secondary N) is 1. The van der Waals surface area contributed by atoms with E-state index in [1.165, 1.54) is 11.6 Å². The van der Waals surface area contributed by atoms with Gasteiger partial charge in [-0.1, -0.05) is 26.8 Å². The average Bonchev–Trinajstić information content (AvgIpc) is 3.24. The maximum atomic E-state index is 13.9. The first-order chi connectivity index (χ1) is 13.5. The summed E-state index contributed by atoms with van der Waals surface area (Å²) in [6.07, 6.45) is 8.25. The molecule has 1 unspecified atom stereocenters. The lowest BCUT2D eigenvalue weighted by Crippen LogP contribution is -2.50. The van der Waals surface area contributed by atoms with Gasteiger partial charge in [0.2, 0.25) is 5.66 Å². The molecule has 0 bridgehead atoms. The first kappa shape index (κ1) is 19.5. The monoisotopic (exact) mass is 402 g/mol. The maximum Gasteiger partial charge on any atom is 0.266 e. The topological polar surface area (TPSA) is 75.9 Å². The van der Waals surface area contributed by atoms with Crippen molar-refractivity contribution in [1.29, 1.82) is 0 Å². The van der Waals surface area contributed by atoms with Gasteiger partial charge in [0.1, 0.15) is 11.6 Å². The zero-order chi connectivity index (χ0) is 21.0. The first-order valence-electron chi connectivity index (χ1n) is 9.56. The molecule has 0 radical (unpaired) electrons. The number of fused-ring (bicyclic) bond motifs is 1. The Balaban J connectivity index is 1.96. The second kappa shape index (κ2) is 6.33. The first-order valence-corrected chi connectivity index (χ1v) is 9.56. The Kier molecular flexibility index (Phi) is 4.25. The summed E-state index contributed by atoms with van der Waals surface area (Å²) < 4.78 is 29.3. The zero-order valence-electron chi connectivity index (χ0n) is 16.9. The summed E-state index contributed by atoms with van der Waals surface area (Å²) in [4.78, 5) is 23.5. The minimum atomic E-state index is -2.76. The summed E-state index contributed by atoms with van der Waals surface area (Å²) in [6, 6.07) is 0. The highest BCUT2D eigenvalue weighted by Gasteiger charge is 2.42. The number of hydrogen-bond acceptors (Lipinski definition) is 6. The van der Waals surface area contributed by atoms with Crippen molar-refractivity contribution in [3.8, 4) is 0 Å². The summed E-state index contributed by atoms with van der Waals surface area (Å²) in [6.45, 7) is 7.15. The van der Waals surface area contributed by atoms with Gasteiger partial charge in [-0.2, -0.15) is 5.10 Å². The third-order valence-electron chi connectivity index (χ3n) is 5.27. The fraction of sp³-hybridized carbons (Fsp3) is 0.500. The smallest absolute Gasteiger partial charge is 0.266 e. The van der Waals surface area contributed by atoms with Gasteiger partial charge in [-0.05, 0) is 25.3 Å². The quantitative estimate of drug-likeness (QED) is 0.851. The number of ketones is 1. The molecule has 0 aromatic carbocycles. The number of alkyl halides is 2. The molecule has 7 nitrogen and oxygen atoms in total. The molecule has 0 aliphatic carbocycles. The highest BCUT2D eigenvalue weighted by molar-refractivity contribution is 5.92. The predicted octanol–water partition coefficient (Wildman–Crippen LogP) is 2.88. The van der Waals surface area contributed by atoms with Gasteiger partial charge in [-0.3, -0.25) is 4.79 Å². The Hall–Kier alpha value is -2.84. The number of carbonyl (C=O) groups excluding carboxylic acids is 1. The van der Waals surface area contributed by atoms with Gasteiger partial charge in [0, 0.05) is 18.4 Å². The van der Waals surface area contributed by atoms with Gasteiger partial charge in [-0.25, -0.2) is 23.4 Å². The number of hydrogen-bond donors (Lipinski definition) is 1. The van der Waals surface area contributed by atoms with Crippen LogP contribution in [-0.2, 0) is 15.9 Å². The van der Waals surface area contributed by atoms with Crippen LogP contribution in [0.3, 0.4) is 0 Å². The molecule has 4 heterocycles. The average molecular weight is 402 g/mol. The Morgan fingerprint density at radius 2 is 2.00 bits per heavy atom. The fourth-order valence-corrected chi connectivity index (χ4v) is 3.62. The molecular weight excluding hydrogens is 378 g/mol. The van der Waals surface area contributed by atoms with Crippen molar-refractivity contribution in [1.82, 2.24) is 25.1 Å². The van der Waals surface area contributed by atoms with Crippen LogP contribution in [0.25, 0.3) is 11.0 Å². The molecule has 154 valence electrons. The lowest BCUT2D eigenvalue weighted by Gasteiger charge is -2.31. The van der Waals surface area contributed by atoms with Crippen LogP contribution in [0, 0.1) is 0 Å². The molecule has 0 saturated carbocycles. The normalized spacial score (nSPS) is 23.6. The van der Waals surface area contributed by atoms with Crippen LogP contribution >= 0.6 is 0 Å². The van der Waals surface area contributed by atoms with Gasteiger partial charge in [0.05, 0.1) is 18.1 Å². The third-order valence-corrected chi connectivity index (χ3v) is 5.27. The largest absolute Gasteiger partial charge is 0.358 e. The third kappa shape index (κ3) is 3.18. The Labute approximate surface area is 167 Å². The summed E-state index contributed by atoms with van der Waals surface area (Å²) in [5.74, 6) is -1.99. The van der Waals surface area contributed by atoms with Crippen LogP contribution in [0.15, 0.2) is 30.6 Å². The van der Waals surface area contributed by atoms with Crippen molar-refractivity contribution in [2.75, 3.05) is 18.0 Å². The van der Waals surface area contributed by atoms with Gasteiger partial charge < -0.3 is 10.2 Å². The molecule has 2 aromatic heterocycles. The summed E-state index contributed by atoms with van der Waals surface area (Å²) >= 11 is 0. The van der Waals surface area contributed by atoms with E-state index in [9.17, 15) is 13.6 Å². The van der Waals surface area contributed by atoms with Crippen molar-refractivity contribution in [3.05, 3.63) is 36.4 Å². The van der Waals surface area contributed by atoms with E-state index in [0.717, 1.165) is 0 Å². The molecule has 2 aromatic rings. The minimum Gasteiger partial charge on any atom is -0.358 e. The van der Waals surface area contributed by atoms with Crippen molar-refractivity contribution >= 4 is 22.6 Å². The predicted molar refractivity (Wildman–Crippen MR) is 106 cm³/mol. The van der Waals surface area contributed by atoms with Crippen molar-refractivity contribution in [2.24, 2.45) is 0 Å². The lowest BCUT2D eigenvalue weighted by atomic mass is 9.95. The molecule has 1 saturated heterocycles. The lowest BCUT2D eigenvalue weighted by molar-refractivity contribution is -0.124. The number of allylic oxidation sites excluding steroid dienone is 2. The van der Waals surface area contributed by atoms with Gasteiger partial charge in [0.25, 0.3) is 5.92 Å². The molecule has 1 N–H and O–H groups in total. The van der Waals surface area contributed by atoms with Crippen LogP contribution in [0.4, 0.5) is 14.6 Å². The molecule has 0 spiro atoms. The SMILES string of the molecule is CC(=O)C1(n2ncc3c(N4CCC(F)(F)C4)nc(C(C)(C)C)nc32)C=CC=CN1. The summed E-state index contributed by atoms with van der Waals surface area (Å²) in [5, 5.41) is 8.05. The number of rotatable bonds is 3. The molecular formula is C20H24F2N6O. The zero-order valence-corrected chi connectivity index (χ0v) is 16.9. The molecule has 1 atom stereocenters. The molecule has 2 aliphatic heterocycles. The number of halogens is 2. The van der Waals surface area contributed by atoms with Gasteiger partial charge in [0.15, 0.2) is 11.4 Å². The molecule has 4 rings (SSSR count). The van der Waals surface area contributed by atoms with Gasteiger partial charge in [-0.15, -0.1) is 0 Å². The van der Waals surface area contributed by atoms with Crippen molar-refractivity contribution in [2.45, 2.75) is 51.1 Å². The molecule has 2 aliphatic rings. The minimum absolute atomic E-state index is 0.173. The number of aromatic nitrogens is 4. The van der Waals surface area contributed by atoms with E-state index in [1.807, 2.05) is 20.8 Å². The highest BCUT2D eigenvalue weighted by atomic mass is 19.3. The fourth-order valence-electron chi connectivity index (χ4n) is 3.62. The van der Waals surface area contributed by atoms with Crippen LogP contribution < -0.4 is 10.2 Å². The molecule has 1 fully saturated rings. The number of Topliss-reactive ketones (excluding diaryl/α,β-unsaturated/α-hetero) is 1. The van der Waals surface area contributed by atoms with Gasteiger partial charge >= 0.3 is 0 Å². The maximum absolute atomic E-state index is 13.9. The molecule has 29 heavy (non-hydrogen) atoms. The van der Waals surface area contributed by atoms with Crippen LogP contribution in [0.5, 0.6) is 0 Å². The number of dihydropyridines is 1. The van der Waals surface area contributed by atoms with E-state index in [-0.39, 0.29) is 18.7 Å². The Bertz CT molecular complexity index is 1040. The summed E-state index contributed by atoms with van der Waals surface area (Å²) in [5.41, 5.74) is -1.22. The second-order valence-electron chi connectivity index (χ2n) is 8.63. The van der Waals surface area contributed by atoms with Crippen LogP contribution in [-0.4, -0.2) is 44.5 Å². The number of anilines is 1. The van der Waals surface area contributed by atoms with E-state index < -0.39 is 23.5 Å². The van der Waals surface area contributed by atoms with Crippen molar-refractivity contribution < 1.29 is 13.6 Å². The van der Waals surface area contributed by atoms with Crippen molar-refractivity contribution in [3.63, 3.8) is 0 Å². The second-order valence-corrected chi connectivity index (χ2v) is 8.63. The Morgan fingerprint density at radius 1 is 1.24 bits per heavy atom. The van der Waals surface area contributed by atoms with Crippen LogP contribution in [0.1, 0.15) is 39.9 Å². The van der Waals surface area contributed by atoms with E-state index in [4.69, 9.17) is 4.98 Å². The Morgan fingerprint density at radius 3 is 2.55 bits per heavy atom. The summed E-state index contributed by atoms with van der Waals surface area (Å²) in [7, 11) is 0. The van der Waals surface area contributed by atoms with E-state index in [2.05, 4.69) is 15.4 Å². The standard InChI is InChI=1S/C20H24F2N6O/c1-13(29)20(7-5-6-9-23-20)28-16-14(11-24-28)15(25-17(26-16)18(2,3)4)27-10-8-19(21,22)12-27/h5-7,9,11,23H,8,10,12H2,1-4H3. The number of carbonyl (C=O) groups is 1. The van der Waals surface area contributed by atoms with E-state index in [0.29, 0.717) is 22.7 Å².